The fourth-order valence-electron chi connectivity index (χ4n) is 2.85. The quantitative estimate of drug-likeness (QED) is 0.846. The van der Waals surface area contributed by atoms with Gasteiger partial charge >= 0.3 is 6.18 Å². The molecule has 2 rings (SSSR count). The van der Waals surface area contributed by atoms with E-state index in [4.69, 9.17) is 5.73 Å². The molecule has 4 heteroatoms. The van der Waals surface area contributed by atoms with Crippen LogP contribution in [-0.4, -0.2) is 0 Å². The van der Waals surface area contributed by atoms with E-state index in [0.29, 0.717) is 11.8 Å². The van der Waals surface area contributed by atoms with Crippen LogP contribution in [0.2, 0.25) is 0 Å². The van der Waals surface area contributed by atoms with Crippen molar-refractivity contribution >= 4 is 0 Å². The van der Waals surface area contributed by atoms with Gasteiger partial charge in [-0.15, -0.1) is 0 Å². The van der Waals surface area contributed by atoms with Crippen molar-refractivity contribution in [3.63, 3.8) is 0 Å². The van der Waals surface area contributed by atoms with E-state index in [0.717, 1.165) is 24.1 Å². The maximum absolute atomic E-state index is 12.5. The van der Waals surface area contributed by atoms with Crippen molar-refractivity contribution in [2.45, 2.75) is 38.4 Å². The first-order valence-corrected chi connectivity index (χ1v) is 6.32. The second-order valence-electron chi connectivity index (χ2n) is 5.22. The molecule has 0 heterocycles. The van der Waals surface area contributed by atoms with Crippen LogP contribution in [0.25, 0.3) is 0 Å². The van der Waals surface area contributed by atoms with Crippen LogP contribution >= 0.6 is 0 Å². The highest BCUT2D eigenvalue weighted by molar-refractivity contribution is 5.27. The van der Waals surface area contributed by atoms with Gasteiger partial charge in [-0.05, 0) is 36.0 Å². The van der Waals surface area contributed by atoms with E-state index >= 15 is 0 Å². The monoisotopic (exact) mass is 257 g/mol. The molecule has 1 aliphatic carbocycles. The molecule has 1 fully saturated rings. The Bertz CT molecular complexity index is 396. The topological polar surface area (TPSA) is 26.0 Å². The number of nitrogens with two attached hydrogens (primary N) is 1. The molecule has 0 saturated heterocycles. The zero-order valence-corrected chi connectivity index (χ0v) is 10.4. The molecule has 18 heavy (non-hydrogen) atoms. The van der Waals surface area contributed by atoms with Crippen molar-refractivity contribution in [1.29, 1.82) is 0 Å². The van der Waals surface area contributed by atoms with Crippen LogP contribution in [0, 0.1) is 11.8 Å². The average Bonchev–Trinajstić information content (AvgIpc) is 2.73. The van der Waals surface area contributed by atoms with Crippen LogP contribution in [0.1, 0.15) is 43.4 Å². The molecule has 1 aliphatic rings. The Hall–Kier alpha value is -1.03. The Balaban J connectivity index is 2.14. The minimum Gasteiger partial charge on any atom is -0.324 e. The van der Waals surface area contributed by atoms with Gasteiger partial charge in [0.2, 0.25) is 0 Å². The van der Waals surface area contributed by atoms with Crippen molar-refractivity contribution in [2.75, 3.05) is 0 Å². The Morgan fingerprint density at radius 1 is 1.17 bits per heavy atom. The summed E-state index contributed by atoms with van der Waals surface area (Å²) >= 11 is 0. The van der Waals surface area contributed by atoms with Gasteiger partial charge in [0.25, 0.3) is 0 Å². The highest BCUT2D eigenvalue weighted by Gasteiger charge is 2.32. The summed E-state index contributed by atoms with van der Waals surface area (Å²) in [6, 6.07) is 5.12. The molecule has 0 aliphatic heterocycles. The second-order valence-corrected chi connectivity index (χ2v) is 5.22. The van der Waals surface area contributed by atoms with E-state index < -0.39 is 11.7 Å². The van der Waals surface area contributed by atoms with Crippen LogP contribution < -0.4 is 5.73 Å². The van der Waals surface area contributed by atoms with Crippen molar-refractivity contribution in [1.82, 2.24) is 0 Å². The van der Waals surface area contributed by atoms with Crippen LogP contribution in [0.4, 0.5) is 13.2 Å². The summed E-state index contributed by atoms with van der Waals surface area (Å²) in [7, 11) is 0. The number of rotatable bonds is 2. The lowest BCUT2D eigenvalue weighted by atomic mass is 9.86. The van der Waals surface area contributed by atoms with Crippen molar-refractivity contribution < 1.29 is 13.2 Å². The molecule has 3 atom stereocenters. The van der Waals surface area contributed by atoms with Gasteiger partial charge in [-0.25, -0.2) is 0 Å². The summed E-state index contributed by atoms with van der Waals surface area (Å²) in [5.41, 5.74) is 6.36. The van der Waals surface area contributed by atoms with Crippen LogP contribution in [0.3, 0.4) is 0 Å². The maximum atomic E-state index is 12.5. The Kier molecular flexibility index (Phi) is 3.66. The first-order chi connectivity index (χ1) is 8.39. The number of hydrogen-bond acceptors (Lipinski definition) is 1. The van der Waals surface area contributed by atoms with Gasteiger partial charge in [-0.2, -0.15) is 13.2 Å². The van der Waals surface area contributed by atoms with E-state index in [2.05, 4.69) is 6.92 Å². The lowest BCUT2D eigenvalue weighted by molar-refractivity contribution is -0.137. The predicted molar refractivity (Wildman–Crippen MR) is 64.9 cm³/mol. The summed E-state index contributed by atoms with van der Waals surface area (Å²) in [5, 5.41) is 0. The SMILES string of the molecule is CC1CCCC1C(N)c1ccc(C(F)(F)F)cc1. The lowest BCUT2D eigenvalue weighted by Gasteiger charge is -2.24. The zero-order chi connectivity index (χ0) is 13.3. The molecule has 1 nitrogen and oxygen atoms in total. The Morgan fingerprint density at radius 3 is 2.22 bits per heavy atom. The zero-order valence-electron chi connectivity index (χ0n) is 10.4. The predicted octanol–water partition coefficient (Wildman–Crippen LogP) is 4.14. The summed E-state index contributed by atoms with van der Waals surface area (Å²) in [4.78, 5) is 0. The van der Waals surface area contributed by atoms with Crippen LogP contribution in [-0.2, 0) is 6.18 Å². The second kappa shape index (κ2) is 4.92. The third kappa shape index (κ3) is 2.69. The average molecular weight is 257 g/mol. The summed E-state index contributed by atoms with van der Waals surface area (Å²) < 4.78 is 37.4. The number of hydrogen-bond donors (Lipinski definition) is 1. The van der Waals surface area contributed by atoms with E-state index in [1.54, 1.807) is 0 Å². The van der Waals surface area contributed by atoms with Crippen LogP contribution in [0.5, 0.6) is 0 Å². The Morgan fingerprint density at radius 2 is 1.78 bits per heavy atom. The fourth-order valence-corrected chi connectivity index (χ4v) is 2.85. The van der Waals surface area contributed by atoms with Gasteiger partial charge in [0, 0.05) is 6.04 Å². The van der Waals surface area contributed by atoms with Gasteiger partial charge in [0.1, 0.15) is 0 Å². The van der Waals surface area contributed by atoms with E-state index in [1.165, 1.54) is 25.0 Å². The highest BCUT2D eigenvalue weighted by Crippen LogP contribution is 2.39. The molecular formula is C14H18F3N. The number of benzene rings is 1. The molecule has 100 valence electrons. The lowest BCUT2D eigenvalue weighted by Crippen LogP contribution is -2.23. The van der Waals surface area contributed by atoms with Crippen LogP contribution in [0.15, 0.2) is 24.3 Å². The molecule has 1 saturated carbocycles. The van der Waals surface area contributed by atoms with E-state index in [-0.39, 0.29) is 6.04 Å². The molecule has 1 aromatic rings. The molecule has 0 spiro atoms. The van der Waals surface area contributed by atoms with Gasteiger partial charge in [-0.1, -0.05) is 31.9 Å². The van der Waals surface area contributed by atoms with E-state index in [1.807, 2.05) is 0 Å². The standard InChI is InChI=1S/C14H18F3N/c1-9-3-2-4-12(9)13(18)10-5-7-11(8-6-10)14(15,16)17/h5-9,12-13H,2-4,18H2,1H3. The largest absolute Gasteiger partial charge is 0.416 e. The summed E-state index contributed by atoms with van der Waals surface area (Å²) in [6.07, 6.45) is -0.869. The smallest absolute Gasteiger partial charge is 0.324 e. The Labute approximate surface area is 105 Å². The number of halogens is 3. The molecule has 3 unspecified atom stereocenters. The minimum atomic E-state index is -4.27. The molecule has 0 radical (unpaired) electrons. The van der Waals surface area contributed by atoms with Crippen molar-refractivity contribution in [3.05, 3.63) is 35.4 Å². The van der Waals surface area contributed by atoms with E-state index in [9.17, 15) is 13.2 Å². The van der Waals surface area contributed by atoms with Gasteiger partial charge in [-0.3, -0.25) is 0 Å². The molecule has 0 aromatic heterocycles. The number of alkyl halides is 3. The highest BCUT2D eigenvalue weighted by atomic mass is 19.4. The van der Waals surface area contributed by atoms with Gasteiger partial charge in [0.05, 0.1) is 5.56 Å². The minimum absolute atomic E-state index is 0.148. The first-order valence-electron chi connectivity index (χ1n) is 6.32. The summed E-state index contributed by atoms with van der Waals surface area (Å²) in [6.45, 7) is 2.17. The summed E-state index contributed by atoms with van der Waals surface area (Å²) in [5.74, 6) is 0.948. The van der Waals surface area contributed by atoms with Gasteiger partial charge < -0.3 is 5.73 Å². The van der Waals surface area contributed by atoms with Gasteiger partial charge in [0.15, 0.2) is 0 Å². The first kappa shape index (κ1) is 13.4. The van der Waals surface area contributed by atoms with Crippen molar-refractivity contribution in [3.8, 4) is 0 Å². The fraction of sp³-hybridized carbons (Fsp3) is 0.571. The molecule has 1 aromatic carbocycles. The molecule has 2 N–H and O–H groups in total. The third-order valence-corrected chi connectivity index (χ3v) is 4.01. The molecular weight excluding hydrogens is 239 g/mol. The van der Waals surface area contributed by atoms with Crippen molar-refractivity contribution in [2.24, 2.45) is 17.6 Å². The molecule has 0 amide bonds. The maximum Gasteiger partial charge on any atom is 0.416 e. The normalized spacial score (nSPS) is 26.3. The molecule has 0 bridgehead atoms. The third-order valence-electron chi connectivity index (χ3n) is 4.01.